The minimum atomic E-state index is -0.344. The number of halogens is 2. The van der Waals surface area contributed by atoms with Crippen molar-refractivity contribution in [1.82, 2.24) is 14.7 Å². The van der Waals surface area contributed by atoms with Gasteiger partial charge >= 0.3 is 6.03 Å². The summed E-state index contributed by atoms with van der Waals surface area (Å²) in [5, 5.41) is 11.4. The van der Waals surface area contributed by atoms with Gasteiger partial charge in [-0.05, 0) is 55.7 Å². The Labute approximate surface area is 238 Å². The molecule has 0 spiro atoms. The highest BCUT2D eigenvalue weighted by Crippen LogP contribution is 2.29. The molecule has 39 heavy (non-hydrogen) atoms. The van der Waals surface area contributed by atoms with Gasteiger partial charge in [0.2, 0.25) is 5.91 Å². The van der Waals surface area contributed by atoms with Crippen LogP contribution < -0.4 is 10.6 Å². The number of hydrogen-bond acceptors (Lipinski definition) is 3. The Balaban J connectivity index is 1.58. The average Bonchev–Trinajstić information content (AvgIpc) is 3.34. The highest BCUT2D eigenvalue weighted by Gasteiger charge is 2.20. The van der Waals surface area contributed by atoms with Gasteiger partial charge in [-0.25, -0.2) is 9.48 Å². The predicted octanol–water partition coefficient (Wildman–Crippen LogP) is 7.74. The van der Waals surface area contributed by atoms with Gasteiger partial charge in [0.1, 0.15) is 12.4 Å². The maximum Gasteiger partial charge on any atom is 0.322 e. The molecule has 9 heteroatoms. The van der Waals surface area contributed by atoms with Gasteiger partial charge in [0.15, 0.2) is 0 Å². The second-order valence-electron chi connectivity index (χ2n) is 9.29. The number of unbranched alkanes of at least 4 members (excludes halogenated alkanes) is 1. The molecule has 3 aromatic carbocycles. The van der Waals surface area contributed by atoms with Crippen molar-refractivity contribution in [3.8, 4) is 16.9 Å². The lowest BCUT2D eigenvalue weighted by atomic mass is 10.1. The highest BCUT2D eigenvalue weighted by atomic mass is 35.5. The normalized spacial score (nSPS) is 10.8. The van der Waals surface area contributed by atoms with Crippen LogP contribution in [0.2, 0.25) is 10.0 Å². The second kappa shape index (κ2) is 12.8. The van der Waals surface area contributed by atoms with Crippen molar-refractivity contribution in [2.75, 3.05) is 23.7 Å². The minimum absolute atomic E-state index is 0.121. The van der Waals surface area contributed by atoms with Crippen LogP contribution in [0.4, 0.5) is 16.3 Å². The molecule has 2 N–H and O–H groups in total. The van der Waals surface area contributed by atoms with Gasteiger partial charge in [-0.3, -0.25) is 4.79 Å². The van der Waals surface area contributed by atoms with E-state index >= 15 is 0 Å². The van der Waals surface area contributed by atoms with E-state index in [1.54, 1.807) is 28.9 Å². The van der Waals surface area contributed by atoms with E-state index in [1.165, 1.54) is 4.90 Å². The number of aryl methyl sites for hydroxylation is 1. The van der Waals surface area contributed by atoms with Crippen LogP contribution in [0, 0.1) is 13.8 Å². The Bertz CT molecular complexity index is 1470. The van der Waals surface area contributed by atoms with Crippen LogP contribution in [0.1, 0.15) is 30.9 Å². The van der Waals surface area contributed by atoms with Crippen LogP contribution in [-0.4, -0.2) is 39.7 Å². The van der Waals surface area contributed by atoms with Crippen LogP contribution in [0.15, 0.2) is 72.8 Å². The molecule has 1 aromatic heterocycles. The van der Waals surface area contributed by atoms with Crippen molar-refractivity contribution in [3.05, 3.63) is 94.0 Å². The third kappa shape index (κ3) is 6.99. The molecular weight excluding hydrogens is 533 g/mol. The van der Waals surface area contributed by atoms with E-state index in [1.807, 2.05) is 69.3 Å². The Morgan fingerprint density at radius 1 is 0.923 bits per heavy atom. The van der Waals surface area contributed by atoms with Crippen LogP contribution in [0.3, 0.4) is 0 Å². The first-order valence-electron chi connectivity index (χ1n) is 12.8. The van der Waals surface area contributed by atoms with Crippen LogP contribution >= 0.6 is 23.2 Å². The van der Waals surface area contributed by atoms with E-state index in [-0.39, 0.29) is 18.5 Å². The number of benzene rings is 3. The van der Waals surface area contributed by atoms with Gasteiger partial charge in [-0.1, -0.05) is 79.0 Å². The lowest BCUT2D eigenvalue weighted by Gasteiger charge is -2.23. The zero-order valence-corrected chi connectivity index (χ0v) is 23.7. The van der Waals surface area contributed by atoms with Crippen molar-refractivity contribution < 1.29 is 9.59 Å². The Kier molecular flexibility index (Phi) is 9.28. The molecule has 7 nitrogen and oxygen atoms in total. The van der Waals surface area contributed by atoms with E-state index in [9.17, 15) is 9.59 Å². The standard InChI is InChI=1S/C30H31Cl2N5O2/c1-4-5-16-36(30(39)33-26-13-9-10-20(2)21(26)3)19-29(38)34-28-18-27(22-11-7-6-8-12-22)35-37(28)23-14-15-24(31)25(32)17-23/h6-15,17-18H,4-5,16,19H2,1-3H3,(H,33,39)(H,34,38). The van der Waals surface area contributed by atoms with Crippen molar-refractivity contribution >= 4 is 46.6 Å². The number of anilines is 2. The minimum Gasteiger partial charge on any atom is -0.315 e. The molecule has 1 heterocycles. The summed E-state index contributed by atoms with van der Waals surface area (Å²) in [6, 6.07) is 22.0. The number of hydrogen-bond donors (Lipinski definition) is 2. The Hall–Kier alpha value is -3.81. The Morgan fingerprint density at radius 3 is 2.41 bits per heavy atom. The lowest BCUT2D eigenvalue weighted by molar-refractivity contribution is -0.116. The highest BCUT2D eigenvalue weighted by molar-refractivity contribution is 6.42. The van der Waals surface area contributed by atoms with Gasteiger partial charge in [0, 0.05) is 23.9 Å². The van der Waals surface area contributed by atoms with Gasteiger partial charge in [-0.15, -0.1) is 0 Å². The van der Waals surface area contributed by atoms with Crippen molar-refractivity contribution in [2.45, 2.75) is 33.6 Å². The lowest BCUT2D eigenvalue weighted by Crippen LogP contribution is -2.41. The fraction of sp³-hybridized carbons (Fsp3) is 0.233. The molecule has 0 saturated heterocycles. The molecule has 0 fully saturated rings. The monoisotopic (exact) mass is 563 g/mol. The number of rotatable bonds is 9. The van der Waals surface area contributed by atoms with Gasteiger partial charge in [-0.2, -0.15) is 5.10 Å². The van der Waals surface area contributed by atoms with E-state index in [0.717, 1.165) is 35.2 Å². The molecule has 3 amide bonds. The summed E-state index contributed by atoms with van der Waals surface area (Å²) in [7, 11) is 0. The average molecular weight is 565 g/mol. The zero-order valence-electron chi connectivity index (χ0n) is 22.2. The summed E-state index contributed by atoms with van der Waals surface area (Å²) in [5.41, 5.74) is 5.00. The third-order valence-electron chi connectivity index (χ3n) is 6.44. The predicted molar refractivity (Wildman–Crippen MR) is 159 cm³/mol. The largest absolute Gasteiger partial charge is 0.322 e. The topological polar surface area (TPSA) is 79.3 Å². The molecule has 0 unspecified atom stereocenters. The SMILES string of the molecule is CCCCN(CC(=O)Nc1cc(-c2ccccc2)nn1-c1ccc(Cl)c(Cl)c1)C(=O)Nc1cccc(C)c1C. The summed E-state index contributed by atoms with van der Waals surface area (Å²) in [6.45, 7) is 6.32. The van der Waals surface area contributed by atoms with Crippen LogP contribution in [0.25, 0.3) is 16.9 Å². The molecule has 0 aliphatic carbocycles. The molecule has 0 saturated carbocycles. The fourth-order valence-electron chi connectivity index (χ4n) is 4.07. The number of urea groups is 1. The van der Waals surface area contributed by atoms with Crippen molar-refractivity contribution in [1.29, 1.82) is 0 Å². The second-order valence-corrected chi connectivity index (χ2v) is 10.1. The van der Waals surface area contributed by atoms with E-state index in [0.29, 0.717) is 33.8 Å². The number of amides is 3. The van der Waals surface area contributed by atoms with Crippen molar-refractivity contribution in [3.63, 3.8) is 0 Å². The number of carbonyl (C=O) groups is 2. The molecule has 4 aromatic rings. The maximum absolute atomic E-state index is 13.3. The summed E-state index contributed by atoms with van der Waals surface area (Å²) in [5.74, 6) is 0.102. The number of carbonyl (C=O) groups excluding carboxylic acids is 2. The van der Waals surface area contributed by atoms with Gasteiger partial charge < -0.3 is 15.5 Å². The first-order chi connectivity index (χ1) is 18.8. The van der Waals surface area contributed by atoms with Crippen LogP contribution in [0.5, 0.6) is 0 Å². The Morgan fingerprint density at radius 2 is 1.69 bits per heavy atom. The smallest absolute Gasteiger partial charge is 0.315 e. The quantitative estimate of drug-likeness (QED) is 0.218. The third-order valence-corrected chi connectivity index (χ3v) is 7.18. The number of nitrogens with zero attached hydrogens (tertiary/aromatic N) is 3. The molecule has 0 radical (unpaired) electrons. The summed E-state index contributed by atoms with van der Waals surface area (Å²) >= 11 is 12.4. The first kappa shape index (κ1) is 28.2. The molecular formula is C30H31Cl2N5O2. The van der Waals surface area contributed by atoms with E-state index < -0.39 is 0 Å². The maximum atomic E-state index is 13.3. The van der Waals surface area contributed by atoms with E-state index in [4.69, 9.17) is 28.3 Å². The van der Waals surface area contributed by atoms with Gasteiger partial charge in [0.05, 0.1) is 21.4 Å². The molecule has 0 atom stereocenters. The fourth-order valence-corrected chi connectivity index (χ4v) is 4.36. The number of aromatic nitrogens is 2. The molecule has 4 rings (SSSR count). The summed E-state index contributed by atoms with van der Waals surface area (Å²) < 4.78 is 1.61. The zero-order chi connectivity index (χ0) is 27.9. The molecule has 0 aliphatic rings. The molecule has 0 bridgehead atoms. The summed E-state index contributed by atoms with van der Waals surface area (Å²) in [6.07, 6.45) is 1.66. The van der Waals surface area contributed by atoms with Crippen LogP contribution in [-0.2, 0) is 4.79 Å². The molecule has 202 valence electrons. The van der Waals surface area contributed by atoms with E-state index in [2.05, 4.69) is 10.6 Å². The number of nitrogens with one attached hydrogen (secondary N) is 2. The first-order valence-corrected chi connectivity index (χ1v) is 13.5. The summed E-state index contributed by atoms with van der Waals surface area (Å²) in [4.78, 5) is 28.0. The molecule has 0 aliphatic heterocycles. The van der Waals surface area contributed by atoms with Gasteiger partial charge in [0.25, 0.3) is 0 Å². The van der Waals surface area contributed by atoms with Crippen molar-refractivity contribution in [2.24, 2.45) is 0 Å².